The highest BCUT2D eigenvalue weighted by Gasteiger charge is 2.05. The largest absolute Gasteiger partial charge is 0.493 e. The van der Waals surface area contributed by atoms with Gasteiger partial charge < -0.3 is 10.1 Å². The van der Waals surface area contributed by atoms with Crippen molar-refractivity contribution in [2.45, 2.75) is 6.92 Å². The fourth-order valence-corrected chi connectivity index (χ4v) is 2.29. The molecule has 0 saturated carbocycles. The molecule has 1 amide bonds. The van der Waals surface area contributed by atoms with Gasteiger partial charge in [-0.25, -0.2) is 4.39 Å². The summed E-state index contributed by atoms with van der Waals surface area (Å²) in [6.07, 6.45) is 3.09. The molecule has 2 aromatic rings. The Hall–Kier alpha value is -2.14. The zero-order valence-electron chi connectivity index (χ0n) is 12.0. The molecule has 0 fully saturated rings. The van der Waals surface area contributed by atoms with Gasteiger partial charge in [-0.15, -0.1) is 0 Å². The van der Waals surface area contributed by atoms with Gasteiger partial charge in [0.2, 0.25) is 5.91 Å². The molecule has 1 N–H and O–H groups in total. The zero-order chi connectivity index (χ0) is 15.9. The first-order chi connectivity index (χ1) is 10.6. The minimum atomic E-state index is -0.369. The highest BCUT2D eigenvalue weighted by Crippen LogP contribution is 2.23. The number of anilines is 1. The Morgan fingerprint density at radius 3 is 2.82 bits per heavy atom. The molecule has 3 nitrogen and oxygen atoms in total. The van der Waals surface area contributed by atoms with E-state index in [2.05, 4.69) is 21.2 Å². The lowest BCUT2D eigenvalue weighted by atomic mass is 10.2. The minimum absolute atomic E-state index is 0.307. The monoisotopic (exact) mass is 363 g/mol. The van der Waals surface area contributed by atoms with E-state index >= 15 is 0 Å². The number of nitrogens with one attached hydrogen (secondary N) is 1. The molecule has 0 aliphatic rings. The topological polar surface area (TPSA) is 38.3 Å². The van der Waals surface area contributed by atoms with Crippen LogP contribution in [0.15, 0.2) is 53.0 Å². The Labute approximate surface area is 136 Å². The lowest BCUT2D eigenvalue weighted by Gasteiger charge is -2.07. The van der Waals surface area contributed by atoms with Gasteiger partial charge in [0.15, 0.2) is 0 Å². The van der Waals surface area contributed by atoms with E-state index in [1.807, 2.05) is 31.2 Å². The predicted molar refractivity (Wildman–Crippen MR) is 89.4 cm³/mol. The molecule has 2 rings (SSSR count). The van der Waals surface area contributed by atoms with Crippen LogP contribution in [0.1, 0.15) is 12.5 Å². The lowest BCUT2D eigenvalue weighted by molar-refractivity contribution is -0.111. The first-order valence-electron chi connectivity index (χ1n) is 6.76. The number of benzene rings is 2. The van der Waals surface area contributed by atoms with Gasteiger partial charge in [0.05, 0.1) is 12.3 Å². The molecule has 0 radical (unpaired) electrons. The first-order valence-corrected chi connectivity index (χ1v) is 7.55. The molecule has 0 aliphatic heterocycles. The van der Waals surface area contributed by atoms with Crippen LogP contribution in [0.5, 0.6) is 5.75 Å². The Morgan fingerprint density at radius 1 is 1.32 bits per heavy atom. The summed E-state index contributed by atoms with van der Waals surface area (Å²) < 4.78 is 19.0. The fraction of sp³-hybridized carbons (Fsp3) is 0.118. The van der Waals surface area contributed by atoms with Crippen LogP contribution in [0, 0.1) is 5.82 Å². The van der Waals surface area contributed by atoms with Crippen molar-refractivity contribution in [1.82, 2.24) is 0 Å². The third kappa shape index (κ3) is 4.43. The average Bonchev–Trinajstić information content (AvgIpc) is 2.49. The molecule has 0 bridgehead atoms. The van der Waals surface area contributed by atoms with Gasteiger partial charge >= 0.3 is 0 Å². The molecule has 2 aromatic carbocycles. The number of ether oxygens (including phenoxy) is 1. The lowest BCUT2D eigenvalue weighted by Crippen LogP contribution is -2.08. The molecule has 114 valence electrons. The Morgan fingerprint density at radius 2 is 2.09 bits per heavy atom. The van der Waals surface area contributed by atoms with Crippen molar-refractivity contribution in [1.29, 1.82) is 0 Å². The van der Waals surface area contributed by atoms with E-state index in [-0.39, 0.29) is 11.7 Å². The SMILES string of the molecule is CCOc1ccccc1/C=C/C(=O)Nc1ccc(F)cc1Br. The van der Waals surface area contributed by atoms with E-state index in [1.54, 1.807) is 6.08 Å². The fourth-order valence-electron chi connectivity index (χ4n) is 1.84. The molecule has 5 heteroatoms. The number of para-hydroxylation sites is 1. The summed E-state index contributed by atoms with van der Waals surface area (Å²) in [7, 11) is 0. The minimum Gasteiger partial charge on any atom is -0.493 e. The maximum absolute atomic E-state index is 13.0. The second kappa shape index (κ2) is 7.75. The normalized spacial score (nSPS) is 10.7. The Kier molecular flexibility index (Phi) is 5.72. The van der Waals surface area contributed by atoms with Gasteiger partial charge in [0.25, 0.3) is 0 Å². The molecular weight excluding hydrogens is 349 g/mol. The van der Waals surface area contributed by atoms with E-state index in [0.29, 0.717) is 16.8 Å². The van der Waals surface area contributed by atoms with Crippen molar-refractivity contribution >= 4 is 33.6 Å². The number of hydrogen-bond donors (Lipinski definition) is 1. The van der Waals surface area contributed by atoms with Crippen LogP contribution in [0.2, 0.25) is 0 Å². The predicted octanol–water partition coefficient (Wildman–Crippen LogP) is 4.64. The summed E-state index contributed by atoms with van der Waals surface area (Å²) in [5.74, 6) is 0.0432. The van der Waals surface area contributed by atoms with Crippen molar-refractivity contribution in [3.05, 3.63) is 64.4 Å². The van der Waals surface area contributed by atoms with Gasteiger partial charge in [-0.1, -0.05) is 18.2 Å². The number of hydrogen-bond acceptors (Lipinski definition) is 2. The van der Waals surface area contributed by atoms with Crippen LogP contribution in [-0.2, 0) is 4.79 Å². The molecule has 0 spiro atoms. The third-order valence-corrected chi connectivity index (χ3v) is 3.48. The molecule has 0 aliphatic carbocycles. The molecule has 0 saturated heterocycles. The van der Waals surface area contributed by atoms with Crippen molar-refractivity contribution in [3.8, 4) is 5.75 Å². The number of halogens is 2. The standard InChI is InChI=1S/C17H15BrFNO2/c1-2-22-16-6-4-3-5-12(16)7-10-17(21)20-15-9-8-13(19)11-14(15)18/h3-11H,2H2,1H3,(H,20,21)/b10-7+. The molecular formula is C17H15BrFNO2. The van der Waals surface area contributed by atoms with Crippen molar-refractivity contribution in [3.63, 3.8) is 0 Å². The van der Waals surface area contributed by atoms with E-state index < -0.39 is 0 Å². The Bertz CT molecular complexity index is 701. The number of rotatable bonds is 5. The van der Waals surface area contributed by atoms with Gasteiger partial charge in [0.1, 0.15) is 11.6 Å². The second-order valence-corrected chi connectivity index (χ2v) is 5.27. The highest BCUT2D eigenvalue weighted by molar-refractivity contribution is 9.10. The first kappa shape index (κ1) is 16.2. The van der Waals surface area contributed by atoms with Crippen molar-refractivity contribution in [2.24, 2.45) is 0 Å². The molecule has 0 unspecified atom stereocenters. The van der Waals surface area contributed by atoms with E-state index in [1.165, 1.54) is 24.3 Å². The molecule has 22 heavy (non-hydrogen) atoms. The van der Waals surface area contributed by atoms with Gasteiger partial charge in [0, 0.05) is 16.1 Å². The molecule has 0 atom stereocenters. The van der Waals surface area contributed by atoms with Crippen LogP contribution in [0.25, 0.3) is 6.08 Å². The maximum atomic E-state index is 13.0. The molecule has 0 heterocycles. The van der Waals surface area contributed by atoms with Gasteiger partial charge in [-0.3, -0.25) is 4.79 Å². The summed E-state index contributed by atoms with van der Waals surface area (Å²) in [6.45, 7) is 2.46. The zero-order valence-corrected chi connectivity index (χ0v) is 13.6. The van der Waals surface area contributed by atoms with Crippen molar-refractivity contribution < 1.29 is 13.9 Å². The number of carbonyl (C=O) groups is 1. The summed E-state index contributed by atoms with van der Waals surface area (Å²) in [5.41, 5.74) is 1.33. The van der Waals surface area contributed by atoms with Crippen LogP contribution in [0.3, 0.4) is 0 Å². The quantitative estimate of drug-likeness (QED) is 0.785. The third-order valence-electron chi connectivity index (χ3n) is 2.82. The van der Waals surface area contributed by atoms with Gasteiger partial charge in [-0.05, 0) is 53.2 Å². The summed E-state index contributed by atoms with van der Waals surface area (Å²) >= 11 is 3.20. The van der Waals surface area contributed by atoms with Crippen LogP contribution in [-0.4, -0.2) is 12.5 Å². The van der Waals surface area contributed by atoms with E-state index in [0.717, 1.165) is 11.3 Å². The second-order valence-electron chi connectivity index (χ2n) is 4.42. The average molecular weight is 364 g/mol. The van der Waals surface area contributed by atoms with Crippen LogP contribution >= 0.6 is 15.9 Å². The number of carbonyl (C=O) groups excluding carboxylic acids is 1. The smallest absolute Gasteiger partial charge is 0.248 e. The maximum Gasteiger partial charge on any atom is 0.248 e. The summed E-state index contributed by atoms with van der Waals surface area (Å²) in [6, 6.07) is 11.5. The molecule has 0 aromatic heterocycles. The summed E-state index contributed by atoms with van der Waals surface area (Å²) in [5, 5.41) is 2.68. The highest BCUT2D eigenvalue weighted by atomic mass is 79.9. The van der Waals surface area contributed by atoms with Crippen LogP contribution in [0.4, 0.5) is 10.1 Å². The van der Waals surface area contributed by atoms with Gasteiger partial charge in [-0.2, -0.15) is 0 Å². The van der Waals surface area contributed by atoms with Crippen molar-refractivity contribution in [2.75, 3.05) is 11.9 Å². The Balaban J connectivity index is 2.08. The van der Waals surface area contributed by atoms with E-state index in [9.17, 15) is 9.18 Å². The van der Waals surface area contributed by atoms with Crippen LogP contribution < -0.4 is 10.1 Å². The number of amides is 1. The van der Waals surface area contributed by atoms with E-state index in [4.69, 9.17) is 4.74 Å². The summed E-state index contributed by atoms with van der Waals surface area (Å²) in [4.78, 5) is 11.9.